The first-order valence-electron chi connectivity index (χ1n) is 5.11. The zero-order chi connectivity index (χ0) is 11.1. The second-order valence-electron chi connectivity index (χ2n) is 4.50. The second-order valence-corrected chi connectivity index (χ2v) is 5.79. The van der Waals surface area contributed by atoms with Gasteiger partial charge in [-0.15, -0.1) is 0 Å². The molecule has 1 aromatic carbocycles. The van der Waals surface area contributed by atoms with Crippen molar-refractivity contribution in [1.82, 2.24) is 0 Å². The standard InChI is InChI=1S/C12H13BrF2/c1-12(6-5-8(13)7-12)11-9(14)3-2-4-10(11)15/h2-4,8H,5-7H2,1H3. The molecule has 3 heteroatoms. The van der Waals surface area contributed by atoms with Gasteiger partial charge in [-0.05, 0) is 36.8 Å². The van der Waals surface area contributed by atoms with Crippen LogP contribution in [-0.4, -0.2) is 4.83 Å². The number of halogens is 3. The summed E-state index contributed by atoms with van der Waals surface area (Å²) in [5.41, 5.74) is -0.101. The van der Waals surface area contributed by atoms with E-state index in [0.29, 0.717) is 4.83 Å². The van der Waals surface area contributed by atoms with Crippen LogP contribution in [0.5, 0.6) is 0 Å². The van der Waals surface area contributed by atoms with Gasteiger partial charge in [0.2, 0.25) is 0 Å². The Hall–Kier alpha value is -0.440. The zero-order valence-electron chi connectivity index (χ0n) is 8.56. The third kappa shape index (κ3) is 1.94. The number of alkyl halides is 1. The van der Waals surface area contributed by atoms with Crippen molar-refractivity contribution in [2.75, 3.05) is 0 Å². The highest BCUT2D eigenvalue weighted by Crippen LogP contribution is 2.45. The number of rotatable bonds is 1. The molecule has 0 heterocycles. The molecule has 82 valence electrons. The number of hydrogen-bond donors (Lipinski definition) is 0. The van der Waals surface area contributed by atoms with E-state index < -0.39 is 11.6 Å². The fourth-order valence-electron chi connectivity index (χ4n) is 2.47. The number of hydrogen-bond acceptors (Lipinski definition) is 0. The van der Waals surface area contributed by atoms with Crippen LogP contribution < -0.4 is 0 Å². The van der Waals surface area contributed by atoms with Crippen LogP contribution in [0.3, 0.4) is 0 Å². The Kier molecular flexibility index (Phi) is 2.84. The summed E-state index contributed by atoms with van der Waals surface area (Å²) in [7, 11) is 0. The quantitative estimate of drug-likeness (QED) is 0.675. The maximum atomic E-state index is 13.6. The molecule has 0 spiro atoms. The third-order valence-electron chi connectivity index (χ3n) is 3.25. The van der Waals surface area contributed by atoms with Crippen molar-refractivity contribution >= 4 is 15.9 Å². The average Bonchev–Trinajstić information content (AvgIpc) is 2.46. The summed E-state index contributed by atoms with van der Waals surface area (Å²) in [5, 5.41) is 0. The molecule has 0 nitrogen and oxygen atoms in total. The summed E-state index contributed by atoms with van der Waals surface area (Å²) < 4.78 is 27.2. The van der Waals surface area contributed by atoms with Gasteiger partial charge in [-0.3, -0.25) is 0 Å². The van der Waals surface area contributed by atoms with E-state index in [1.54, 1.807) is 0 Å². The van der Waals surface area contributed by atoms with E-state index >= 15 is 0 Å². The van der Waals surface area contributed by atoms with Gasteiger partial charge in [0.15, 0.2) is 0 Å². The molecule has 1 aliphatic carbocycles. The van der Waals surface area contributed by atoms with Crippen LogP contribution in [0.25, 0.3) is 0 Å². The van der Waals surface area contributed by atoms with Gasteiger partial charge in [0, 0.05) is 10.4 Å². The lowest BCUT2D eigenvalue weighted by molar-refractivity contribution is 0.426. The summed E-state index contributed by atoms with van der Waals surface area (Å²) in [5.74, 6) is -0.835. The van der Waals surface area contributed by atoms with Gasteiger partial charge >= 0.3 is 0 Å². The van der Waals surface area contributed by atoms with Gasteiger partial charge < -0.3 is 0 Å². The van der Waals surface area contributed by atoms with Crippen LogP contribution in [0.1, 0.15) is 31.7 Å². The molecule has 1 aliphatic rings. The Labute approximate surface area is 96.8 Å². The Morgan fingerprint density at radius 2 is 1.93 bits per heavy atom. The SMILES string of the molecule is CC1(c2c(F)cccc2F)CCC(Br)C1. The van der Waals surface area contributed by atoms with Crippen LogP contribution >= 0.6 is 15.9 Å². The smallest absolute Gasteiger partial charge is 0.129 e. The predicted molar refractivity (Wildman–Crippen MR) is 60.3 cm³/mol. The Balaban J connectivity index is 2.45. The summed E-state index contributed by atoms with van der Waals surface area (Å²) in [6, 6.07) is 4.09. The maximum absolute atomic E-state index is 13.6. The summed E-state index contributed by atoms with van der Waals surface area (Å²) >= 11 is 3.52. The highest BCUT2D eigenvalue weighted by atomic mass is 79.9. The average molecular weight is 275 g/mol. The fourth-order valence-corrected chi connectivity index (χ4v) is 3.41. The first kappa shape index (κ1) is 11.1. The Bertz CT molecular complexity index is 358. The monoisotopic (exact) mass is 274 g/mol. The van der Waals surface area contributed by atoms with Crippen molar-refractivity contribution in [3.05, 3.63) is 35.4 Å². The molecule has 1 saturated carbocycles. The first-order chi connectivity index (χ1) is 7.03. The molecule has 0 N–H and O–H groups in total. The Morgan fingerprint density at radius 3 is 2.40 bits per heavy atom. The largest absolute Gasteiger partial charge is 0.207 e. The van der Waals surface area contributed by atoms with Crippen molar-refractivity contribution in [2.24, 2.45) is 0 Å². The molecule has 0 radical (unpaired) electrons. The molecule has 15 heavy (non-hydrogen) atoms. The molecule has 0 bridgehead atoms. The topological polar surface area (TPSA) is 0 Å². The predicted octanol–water partition coefficient (Wildman–Crippen LogP) is 4.17. The van der Waals surface area contributed by atoms with Gasteiger partial charge in [0.1, 0.15) is 11.6 Å². The molecule has 0 amide bonds. The van der Waals surface area contributed by atoms with E-state index in [2.05, 4.69) is 15.9 Å². The minimum atomic E-state index is -0.418. The van der Waals surface area contributed by atoms with Gasteiger partial charge in [0.05, 0.1) is 0 Å². The molecular formula is C12H13BrF2. The molecule has 1 aromatic rings. The zero-order valence-corrected chi connectivity index (χ0v) is 10.2. The fraction of sp³-hybridized carbons (Fsp3) is 0.500. The van der Waals surface area contributed by atoms with Crippen LogP contribution in [0.4, 0.5) is 8.78 Å². The molecule has 2 unspecified atom stereocenters. The molecule has 1 fully saturated rings. The van der Waals surface area contributed by atoms with Gasteiger partial charge in [-0.1, -0.05) is 28.9 Å². The second kappa shape index (κ2) is 3.85. The van der Waals surface area contributed by atoms with Crippen LogP contribution in [0.2, 0.25) is 0 Å². The molecule has 0 aromatic heterocycles. The number of benzene rings is 1. The third-order valence-corrected chi connectivity index (χ3v) is 4.03. The minimum Gasteiger partial charge on any atom is -0.207 e. The normalized spacial score (nSPS) is 30.8. The lowest BCUT2D eigenvalue weighted by Gasteiger charge is -2.25. The molecule has 2 rings (SSSR count). The summed E-state index contributed by atoms with van der Waals surface area (Å²) in [6.45, 7) is 1.94. The minimum absolute atomic E-state index is 0.256. The van der Waals surface area contributed by atoms with E-state index in [1.165, 1.54) is 18.2 Å². The van der Waals surface area contributed by atoms with E-state index in [-0.39, 0.29) is 11.0 Å². The summed E-state index contributed by atoms with van der Waals surface area (Å²) in [4.78, 5) is 0.376. The Morgan fingerprint density at radius 1 is 1.33 bits per heavy atom. The molecular weight excluding hydrogens is 262 g/mol. The van der Waals surface area contributed by atoms with Gasteiger partial charge in [-0.2, -0.15) is 0 Å². The highest BCUT2D eigenvalue weighted by Gasteiger charge is 2.39. The van der Waals surface area contributed by atoms with Gasteiger partial charge in [-0.25, -0.2) is 8.78 Å². The molecule has 2 atom stereocenters. The molecule has 0 saturated heterocycles. The van der Waals surface area contributed by atoms with Crippen molar-refractivity contribution in [3.8, 4) is 0 Å². The van der Waals surface area contributed by atoms with Crippen LogP contribution in [0, 0.1) is 11.6 Å². The van der Waals surface area contributed by atoms with E-state index in [9.17, 15) is 8.78 Å². The highest BCUT2D eigenvalue weighted by molar-refractivity contribution is 9.09. The van der Waals surface area contributed by atoms with E-state index in [1.807, 2.05) is 6.92 Å². The van der Waals surface area contributed by atoms with Gasteiger partial charge in [0.25, 0.3) is 0 Å². The van der Waals surface area contributed by atoms with Crippen molar-refractivity contribution in [2.45, 2.75) is 36.4 Å². The van der Waals surface area contributed by atoms with Crippen molar-refractivity contribution in [1.29, 1.82) is 0 Å². The van der Waals surface area contributed by atoms with Crippen molar-refractivity contribution in [3.63, 3.8) is 0 Å². The van der Waals surface area contributed by atoms with E-state index in [0.717, 1.165) is 19.3 Å². The lowest BCUT2D eigenvalue weighted by Crippen LogP contribution is -2.21. The maximum Gasteiger partial charge on any atom is 0.129 e. The first-order valence-corrected chi connectivity index (χ1v) is 6.03. The van der Waals surface area contributed by atoms with Crippen LogP contribution in [-0.2, 0) is 5.41 Å². The molecule has 0 aliphatic heterocycles. The van der Waals surface area contributed by atoms with Crippen LogP contribution in [0.15, 0.2) is 18.2 Å². The lowest BCUT2D eigenvalue weighted by atomic mass is 9.80. The van der Waals surface area contributed by atoms with Crippen molar-refractivity contribution < 1.29 is 8.78 Å². The summed E-state index contributed by atoms with van der Waals surface area (Å²) in [6.07, 6.45) is 2.61. The van der Waals surface area contributed by atoms with E-state index in [4.69, 9.17) is 0 Å².